The van der Waals surface area contributed by atoms with Crippen molar-refractivity contribution in [3.05, 3.63) is 30.1 Å². The van der Waals surface area contributed by atoms with Crippen LogP contribution in [-0.2, 0) is 0 Å². The van der Waals surface area contributed by atoms with Crippen molar-refractivity contribution in [2.45, 2.75) is 65.0 Å². The first-order chi connectivity index (χ1) is 9.15. The highest BCUT2D eigenvalue weighted by Gasteiger charge is 2.23. The fourth-order valence-corrected chi connectivity index (χ4v) is 3.39. The second kappa shape index (κ2) is 7.04. The fourth-order valence-electron chi connectivity index (χ4n) is 3.39. The molecule has 0 saturated heterocycles. The van der Waals surface area contributed by atoms with Crippen molar-refractivity contribution < 1.29 is 0 Å². The maximum absolute atomic E-state index is 4.45. The quantitative estimate of drug-likeness (QED) is 0.852. The smallest absolute Gasteiger partial charge is 0.0570 e. The summed E-state index contributed by atoms with van der Waals surface area (Å²) < 4.78 is 0. The van der Waals surface area contributed by atoms with Crippen LogP contribution >= 0.6 is 0 Å². The second-order valence-corrected chi connectivity index (χ2v) is 6.50. The highest BCUT2D eigenvalue weighted by molar-refractivity contribution is 5.08. The van der Waals surface area contributed by atoms with Crippen molar-refractivity contribution in [2.24, 2.45) is 11.8 Å². The zero-order valence-corrected chi connectivity index (χ0v) is 12.6. The highest BCUT2D eigenvalue weighted by atomic mass is 15.0. The van der Waals surface area contributed by atoms with Crippen molar-refractivity contribution >= 4 is 0 Å². The number of aromatic nitrogens is 1. The summed E-state index contributed by atoms with van der Waals surface area (Å²) in [5.41, 5.74) is 1.16. The minimum atomic E-state index is 0.365. The number of nitrogens with one attached hydrogen (secondary N) is 1. The van der Waals surface area contributed by atoms with E-state index in [0.717, 1.165) is 17.5 Å². The zero-order chi connectivity index (χ0) is 13.7. The summed E-state index contributed by atoms with van der Waals surface area (Å²) in [6.07, 6.45) is 8.74. The molecule has 0 spiro atoms. The van der Waals surface area contributed by atoms with Crippen LogP contribution in [0, 0.1) is 11.8 Å². The summed E-state index contributed by atoms with van der Waals surface area (Å²) in [7, 11) is 0. The minimum absolute atomic E-state index is 0.365. The summed E-state index contributed by atoms with van der Waals surface area (Å²) in [6, 6.07) is 7.21. The van der Waals surface area contributed by atoms with Crippen molar-refractivity contribution in [1.82, 2.24) is 10.3 Å². The largest absolute Gasteiger partial charge is 0.306 e. The molecule has 1 saturated carbocycles. The van der Waals surface area contributed by atoms with Crippen LogP contribution in [0.5, 0.6) is 0 Å². The maximum Gasteiger partial charge on any atom is 0.0570 e. The van der Waals surface area contributed by atoms with Gasteiger partial charge in [0.1, 0.15) is 0 Å². The van der Waals surface area contributed by atoms with Crippen LogP contribution in [-0.4, -0.2) is 11.0 Å². The van der Waals surface area contributed by atoms with Crippen LogP contribution < -0.4 is 5.32 Å². The molecule has 0 bridgehead atoms. The van der Waals surface area contributed by atoms with E-state index in [2.05, 4.69) is 43.2 Å². The van der Waals surface area contributed by atoms with Gasteiger partial charge in [-0.25, -0.2) is 0 Å². The lowest BCUT2D eigenvalue weighted by Gasteiger charge is -2.32. The van der Waals surface area contributed by atoms with Gasteiger partial charge in [-0.2, -0.15) is 0 Å². The molecule has 19 heavy (non-hydrogen) atoms. The third-order valence-electron chi connectivity index (χ3n) is 4.20. The standard InChI is InChI=1S/C17H28N2/c1-13(2)11-15-7-6-8-16(12-15)19-14(3)17-9-4-5-10-18-17/h4-5,9-10,13-16,19H,6-8,11-12H2,1-3H3. The molecule has 1 aliphatic carbocycles. The first-order valence-electron chi connectivity index (χ1n) is 7.82. The highest BCUT2D eigenvalue weighted by Crippen LogP contribution is 2.30. The average Bonchev–Trinajstić information content (AvgIpc) is 2.39. The van der Waals surface area contributed by atoms with Crippen LogP contribution in [0.1, 0.15) is 64.6 Å². The van der Waals surface area contributed by atoms with Gasteiger partial charge in [-0.15, -0.1) is 0 Å². The van der Waals surface area contributed by atoms with Gasteiger partial charge >= 0.3 is 0 Å². The lowest BCUT2D eigenvalue weighted by Crippen LogP contribution is -2.36. The number of pyridine rings is 1. The van der Waals surface area contributed by atoms with Gasteiger partial charge in [0, 0.05) is 18.3 Å². The van der Waals surface area contributed by atoms with Crippen LogP contribution in [0.2, 0.25) is 0 Å². The Morgan fingerprint density at radius 3 is 2.79 bits per heavy atom. The van der Waals surface area contributed by atoms with E-state index in [1.54, 1.807) is 0 Å². The monoisotopic (exact) mass is 260 g/mol. The van der Waals surface area contributed by atoms with Gasteiger partial charge in [0.25, 0.3) is 0 Å². The molecule has 2 nitrogen and oxygen atoms in total. The fraction of sp³-hybridized carbons (Fsp3) is 0.706. The van der Waals surface area contributed by atoms with E-state index in [1.165, 1.54) is 32.1 Å². The normalized spacial score (nSPS) is 25.5. The molecule has 1 aromatic rings. The third kappa shape index (κ3) is 4.61. The average molecular weight is 260 g/mol. The molecule has 2 heteroatoms. The molecule has 1 N–H and O–H groups in total. The van der Waals surface area contributed by atoms with Gasteiger partial charge in [0.2, 0.25) is 0 Å². The first kappa shape index (κ1) is 14.5. The Labute approximate surface area is 118 Å². The topological polar surface area (TPSA) is 24.9 Å². The summed E-state index contributed by atoms with van der Waals surface area (Å²) >= 11 is 0. The van der Waals surface area contributed by atoms with Gasteiger partial charge < -0.3 is 5.32 Å². The molecule has 2 rings (SSSR count). The zero-order valence-electron chi connectivity index (χ0n) is 12.6. The Hall–Kier alpha value is -0.890. The molecule has 1 fully saturated rings. The number of nitrogens with zero attached hydrogens (tertiary/aromatic N) is 1. The molecule has 0 aromatic carbocycles. The second-order valence-electron chi connectivity index (χ2n) is 6.50. The molecule has 0 aliphatic heterocycles. The Morgan fingerprint density at radius 1 is 1.26 bits per heavy atom. The summed E-state index contributed by atoms with van der Waals surface area (Å²) in [5.74, 6) is 1.75. The molecular formula is C17H28N2. The van der Waals surface area contributed by atoms with Crippen molar-refractivity contribution in [1.29, 1.82) is 0 Å². The Morgan fingerprint density at radius 2 is 2.11 bits per heavy atom. The summed E-state index contributed by atoms with van der Waals surface area (Å²) in [6.45, 7) is 6.91. The van der Waals surface area contributed by atoms with Crippen molar-refractivity contribution in [2.75, 3.05) is 0 Å². The molecule has 0 amide bonds. The van der Waals surface area contributed by atoms with E-state index in [-0.39, 0.29) is 0 Å². The van der Waals surface area contributed by atoms with Gasteiger partial charge in [0.05, 0.1) is 5.69 Å². The molecule has 106 valence electrons. The van der Waals surface area contributed by atoms with E-state index in [4.69, 9.17) is 0 Å². The molecular weight excluding hydrogens is 232 g/mol. The summed E-state index contributed by atoms with van der Waals surface area (Å²) in [4.78, 5) is 4.45. The lowest BCUT2D eigenvalue weighted by molar-refractivity contribution is 0.242. The molecule has 3 atom stereocenters. The lowest BCUT2D eigenvalue weighted by atomic mass is 9.81. The molecule has 1 aliphatic rings. The molecule has 0 radical (unpaired) electrons. The minimum Gasteiger partial charge on any atom is -0.306 e. The predicted octanol–water partition coefficient (Wildman–Crippen LogP) is 4.34. The number of rotatable bonds is 5. The summed E-state index contributed by atoms with van der Waals surface area (Å²) in [5, 5.41) is 3.78. The number of hydrogen-bond donors (Lipinski definition) is 1. The van der Waals surface area contributed by atoms with E-state index in [9.17, 15) is 0 Å². The number of hydrogen-bond acceptors (Lipinski definition) is 2. The van der Waals surface area contributed by atoms with Crippen LogP contribution in [0.15, 0.2) is 24.4 Å². The van der Waals surface area contributed by atoms with Crippen molar-refractivity contribution in [3.63, 3.8) is 0 Å². The van der Waals surface area contributed by atoms with Crippen LogP contribution in [0.4, 0.5) is 0 Å². The third-order valence-corrected chi connectivity index (χ3v) is 4.20. The predicted molar refractivity (Wildman–Crippen MR) is 81.0 cm³/mol. The maximum atomic E-state index is 4.45. The van der Waals surface area contributed by atoms with Crippen LogP contribution in [0.25, 0.3) is 0 Å². The Balaban J connectivity index is 1.85. The molecule has 1 aromatic heterocycles. The molecule has 3 unspecified atom stereocenters. The van der Waals surface area contributed by atoms with Crippen LogP contribution in [0.3, 0.4) is 0 Å². The van der Waals surface area contributed by atoms with Gasteiger partial charge in [-0.1, -0.05) is 32.8 Å². The van der Waals surface area contributed by atoms with Crippen molar-refractivity contribution in [3.8, 4) is 0 Å². The van der Waals surface area contributed by atoms with E-state index < -0.39 is 0 Å². The van der Waals surface area contributed by atoms with Gasteiger partial charge in [-0.3, -0.25) is 4.98 Å². The van der Waals surface area contributed by atoms with E-state index in [1.807, 2.05) is 12.3 Å². The SMILES string of the molecule is CC(C)CC1CCCC(NC(C)c2ccccn2)C1. The van der Waals surface area contributed by atoms with Gasteiger partial charge in [-0.05, 0) is 50.2 Å². The first-order valence-corrected chi connectivity index (χ1v) is 7.82. The Bertz CT molecular complexity index is 361. The molecule has 1 heterocycles. The van der Waals surface area contributed by atoms with Gasteiger partial charge in [0.15, 0.2) is 0 Å². The van der Waals surface area contributed by atoms with E-state index >= 15 is 0 Å². The Kier molecular flexibility index (Phi) is 5.38. The van der Waals surface area contributed by atoms with E-state index in [0.29, 0.717) is 12.1 Å².